The highest BCUT2D eigenvalue weighted by molar-refractivity contribution is 4.75. The number of hydrogen-bond donors (Lipinski definition) is 1. The van der Waals surface area contributed by atoms with Crippen molar-refractivity contribution in [2.75, 3.05) is 33.3 Å². The zero-order chi connectivity index (χ0) is 11.3. The Morgan fingerprint density at radius 1 is 1.40 bits per heavy atom. The maximum Gasteiger partial charge on any atom is 0.0701 e. The van der Waals surface area contributed by atoms with Crippen molar-refractivity contribution in [1.29, 1.82) is 0 Å². The summed E-state index contributed by atoms with van der Waals surface area (Å²) in [5.41, 5.74) is 5.94. The van der Waals surface area contributed by atoms with Crippen molar-refractivity contribution < 1.29 is 4.74 Å². The number of likely N-dealkylation sites (N-methyl/N-ethyl adjacent to an activating group) is 1. The summed E-state index contributed by atoms with van der Waals surface area (Å²) in [6.45, 7) is 8.20. The maximum absolute atomic E-state index is 5.73. The molecule has 3 heteroatoms. The van der Waals surface area contributed by atoms with Crippen LogP contribution in [0.1, 0.15) is 33.1 Å². The molecule has 1 aliphatic heterocycles. The summed E-state index contributed by atoms with van der Waals surface area (Å²) in [5.74, 6) is 0. The summed E-state index contributed by atoms with van der Waals surface area (Å²) in [6.07, 6.45) is 4.21. The normalized spacial score (nSPS) is 23.4. The second-order valence-electron chi connectivity index (χ2n) is 5.55. The van der Waals surface area contributed by atoms with E-state index in [-0.39, 0.29) is 5.41 Å². The van der Waals surface area contributed by atoms with E-state index in [1.54, 1.807) is 0 Å². The van der Waals surface area contributed by atoms with Crippen molar-refractivity contribution in [3.8, 4) is 0 Å². The van der Waals surface area contributed by atoms with Gasteiger partial charge in [-0.3, -0.25) is 0 Å². The zero-order valence-electron chi connectivity index (χ0n) is 10.5. The second kappa shape index (κ2) is 5.83. The van der Waals surface area contributed by atoms with E-state index in [0.29, 0.717) is 6.10 Å². The molecule has 0 amide bonds. The number of hydrogen-bond acceptors (Lipinski definition) is 3. The highest BCUT2D eigenvalue weighted by Gasteiger charge is 2.21. The van der Waals surface area contributed by atoms with Crippen LogP contribution in [0, 0.1) is 5.41 Å². The zero-order valence-corrected chi connectivity index (χ0v) is 10.5. The molecule has 2 N–H and O–H groups in total. The average Bonchev–Trinajstić information content (AvgIpc) is 2.18. The van der Waals surface area contributed by atoms with Gasteiger partial charge in [0.25, 0.3) is 0 Å². The van der Waals surface area contributed by atoms with Crippen molar-refractivity contribution in [2.45, 2.75) is 39.2 Å². The smallest absolute Gasteiger partial charge is 0.0701 e. The third-order valence-corrected chi connectivity index (χ3v) is 3.04. The van der Waals surface area contributed by atoms with Gasteiger partial charge in [-0.15, -0.1) is 0 Å². The first-order valence-electron chi connectivity index (χ1n) is 6.04. The molecule has 0 radical (unpaired) electrons. The molecule has 0 aromatic rings. The quantitative estimate of drug-likeness (QED) is 0.753. The maximum atomic E-state index is 5.73. The topological polar surface area (TPSA) is 38.5 Å². The van der Waals surface area contributed by atoms with Gasteiger partial charge in [-0.05, 0) is 38.3 Å². The van der Waals surface area contributed by atoms with Gasteiger partial charge in [0.1, 0.15) is 0 Å². The Morgan fingerprint density at radius 3 is 2.67 bits per heavy atom. The van der Waals surface area contributed by atoms with Crippen molar-refractivity contribution in [1.82, 2.24) is 4.90 Å². The number of rotatable bonds is 5. The van der Waals surface area contributed by atoms with Gasteiger partial charge in [-0.2, -0.15) is 0 Å². The molecule has 0 spiro atoms. The first kappa shape index (κ1) is 12.9. The van der Waals surface area contributed by atoms with E-state index in [1.165, 1.54) is 19.3 Å². The monoisotopic (exact) mass is 214 g/mol. The fraction of sp³-hybridized carbons (Fsp3) is 1.00. The van der Waals surface area contributed by atoms with Crippen LogP contribution in [0.4, 0.5) is 0 Å². The SMILES string of the molecule is CN(CC1CCCCO1)CC(C)(C)CN. The molecule has 90 valence electrons. The summed E-state index contributed by atoms with van der Waals surface area (Å²) in [6, 6.07) is 0. The standard InChI is InChI=1S/C12H26N2O/c1-12(2,9-13)10-14(3)8-11-6-4-5-7-15-11/h11H,4-10,13H2,1-3H3. The van der Waals surface area contributed by atoms with E-state index in [4.69, 9.17) is 10.5 Å². The van der Waals surface area contributed by atoms with E-state index in [0.717, 1.165) is 26.2 Å². The first-order chi connectivity index (χ1) is 7.03. The van der Waals surface area contributed by atoms with Crippen molar-refractivity contribution in [2.24, 2.45) is 11.1 Å². The average molecular weight is 214 g/mol. The molecular weight excluding hydrogens is 188 g/mol. The van der Waals surface area contributed by atoms with Gasteiger partial charge in [0.05, 0.1) is 6.10 Å². The molecular formula is C12H26N2O. The van der Waals surface area contributed by atoms with E-state index >= 15 is 0 Å². The lowest BCUT2D eigenvalue weighted by molar-refractivity contribution is -0.00586. The summed E-state index contributed by atoms with van der Waals surface area (Å²) in [7, 11) is 2.16. The van der Waals surface area contributed by atoms with E-state index in [2.05, 4.69) is 25.8 Å². The van der Waals surface area contributed by atoms with Crippen LogP contribution in [0.25, 0.3) is 0 Å². The molecule has 1 rings (SSSR count). The largest absolute Gasteiger partial charge is 0.377 e. The van der Waals surface area contributed by atoms with E-state index in [9.17, 15) is 0 Å². The molecule has 1 unspecified atom stereocenters. The van der Waals surface area contributed by atoms with Crippen LogP contribution in [-0.4, -0.2) is 44.3 Å². The Bertz CT molecular complexity index is 176. The highest BCUT2D eigenvalue weighted by atomic mass is 16.5. The molecule has 0 aromatic carbocycles. The molecule has 3 nitrogen and oxygen atoms in total. The lowest BCUT2D eigenvalue weighted by Gasteiger charge is -2.32. The van der Waals surface area contributed by atoms with Crippen LogP contribution in [0.15, 0.2) is 0 Å². The van der Waals surface area contributed by atoms with Crippen LogP contribution < -0.4 is 5.73 Å². The summed E-state index contributed by atoms with van der Waals surface area (Å²) >= 11 is 0. The molecule has 0 bridgehead atoms. The minimum absolute atomic E-state index is 0.212. The Labute approximate surface area is 94.0 Å². The number of nitrogens with zero attached hydrogens (tertiary/aromatic N) is 1. The van der Waals surface area contributed by atoms with Crippen LogP contribution in [0.3, 0.4) is 0 Å². The Hall–Kier alpha value is -0.120. The summed E-state index contributed by atoms with van der Waals surface area (Å²) in [4.78, 5) is 2.35. The van der Waals surface area contributed by atoms with Crippen molar-refractivity contribution >= 4 is 0 Å². The Morgan fingerprint density at radius 2 is 2.13 bits per heavy atom. The van der Waals surface area contributed by atoms with Gasteiger partial charge in [-0.25, -0.2) is 0 Å². The van der Waals surface area contributed by atoms with Gasteiger partial charge in [0.15, 0.2) is 0 Å². The molecule has 1 aliphatic rings. The predicted molar refractivity (Wildman–Crippen MR) is 63.9 cm³/mol. The molecule has 0 aliphatic carbocycles. The van der Waals surface area contributed by atoms with Crippen LogP contribution in [0.5, 0.6) is 0 Å². The van der Waals surface area contributed by atoms with Gasteiger partial charge >= 0.3 is 0 Å². The third kappa shape index (κ3) is 4.96. The van der Waals surface area contributed by atoms with E-state index < -0.39 is 0 Å². The fourth-order valence-electron chi connectivity index (χ4n) is 2.16. The van der Waals surface area contributed by atoms with Crippen LogP contribution in [-0.2, 0) is 4.74 Å². The lowest BCUT2D eigenvalue weighted by Crippen LogP contribution is -2.41. The minimum Gasteiger partial charge on any atom is -0.377 e. The molecule has 1 saturated heterocycles. The Balaban J connectivity index is 2.25. The minimum atomic E-state index is 0.212. The predicted octanol–water partition coefficient (Wildman–Crippen LogP) is 1.47. The van der Waals surface area contributed by atoms with Gasteiger partial charge in [0.2, 0.25) is 0 Å². The summed E-state index contributed by atoms with van der Waals surface area (Å²) < 4.78 is 5.72. The fourth-order valence-corrected chi connectivity index (χ4v) is 2.16. The van der Waals surface area contributed by atoms with E-state index in [1.807, 2.05) is 0 Å². The van der Waals surface area contributed by atoms with Crippen LogP contribution in [0.2, 0.25) is 0 Å². The van der Waals surface area contributed by atoms with Gasteiger partial charge in [-0.1, -0.05) is 13.8 Å². The van der Waals surface area contributed by atoms with Crippen molar-refractivity contribution in [3.05, 3.63) is 0 Å². The third-order valence-electron chi connectivity index (χ3n) is 3.04. The summed E-state index contributed by atoms with van der Waals surface area (Å²) in [5, 5.41) is 0. The van der Waals surface area contributed by atoms with Gasteiger partial charge < -0.3 is 15.4 Å². The number of nitrogens with two attached hydrogens (primary N) is 1. The number of ether oxygens (including phenoxy) is 1. The molecule has 0 saturated carbocycles. The second-order valence-corrected chi connectivity index (χ2v) is 5.55. The Kier molecular flexibility index (Phi) is 5.03. The molecule has 1 atom stereocenters. The molecule has 15 heavy (non-hydrogen) atoms. The molecule has 1 heterocycles. The van der Waals surface area contributed by atoms with Gasteiger partial charge in [0, 0.05) is 19.7 Å². The lowest BCUT2D eigenvalue weighted by atomic mass is 9.93. The van der Waals surface area contributed by atoms with Crippen LogP contribution >= 0.6 is 0 Å². The highest BCUT2D eigenvalue weighted by Crippen LogP contribution is 2.17. The van der Waals surface area contributed by atoms with Crippen molar-refractivity contribution in [3.63, 3.8) is 0 Å². The first-order valence-corrected chi connectivity index (χ1v) is 6.04. The molecule has 0 aromatic heterocycles. The molecule has 1 fully saturated rings.